The predicted molar refractivity (Wildman–Crippen MR) is 226 cm³/mol. The lowest BCUT2D eigenvalue weighted by Crippen LogP contribution is -2.60. The van der Waals surface area contributed by atoms with E-state index in [0.717, 1.165) is 16.5 Å². The molecular formula is C46H63N3O12. The first-order chi connectivity index (χ1) is 28.7. The third kappa shape index (κ3) is 10.4. The Kier molecular flexibility index (Phi) is 15.3. The van der Waals surface area contributed by atoms with Crippen LogP contribution in [0.1, 0.15) is 80.2 Å². The summed E-state index contributed by atoms with van der Waals surface area (Å²) in [4.78, 5) is 74.4. The highest BCUT2D eigenvalue weighted by atomic mass is 16.7. The molecule has 1 amide bonds. The number of ketones is 2. The second-order valence-corrected chi connectivity index (χ2v) is 17.4. The number of carbonyl (C=O) groups excluding carboxylic acids is 5. The first kappa shape index (κ1) is 47.5. The number of aromatic nitrogens is 1. The fourth-order valence-corrected chi connectivity index (χ4v) is 9.28. The number of Topliss-reactive ketones (excluding diaryl/α,β-unsaturated/α-hetero) is 2. The highest BCUT2D eigenvalue weighted by Gasteiger charge is 2.57. The lowest BCUT2D eigenvalue weighted by atomic mass is 9.73. The summed E-state index contributed by atoms with van der Waals surface area (Å²) in [5.74, 6) is -6.09. The Labute approximate surface area is 358 Å². The number of nitrogens with one attached hydrogen (secondary N) is 1. The van der Waals surface area contributed by atoms with Crippen molar-refractivity contribution in [3.05, 3.63) is 60.3 Å². The quantitative estimate of drug-likeness (QED) is 0.130. The predicted octanol–water partition coefficient (Wildman–Crippen LogP) is 5.21. The molecular weight excluding hydrogens is 787 g/mol. The monoisotopic (exact) mass is 849 g/mol. The van der Waals surface area contributed by atoms with E-state index in [1.807, 2.05) is 43.3 Å². The molecule has 2 aromatic rings. The average molecular weight is 850 g/mol. The molecule has 1 aromatic heterocycles. The van der Waals surface area contributed by atoms with E-state index in [4.69, 9.17) is 28.4 Å². The molecule has 5 rings (SSSR count). The summed E-state index contributed by atoms with van der Waals surface area (Å²) < 4.78 is 36.4. The lowest BCUT2D eigenvalue weighted by molar-refractivity contribution is -0.297. The van der Waals surface area contributed by atoms with E-state index < -0.39 is 101 Å². The normalized spacial score (nSPS) is 35.3. The zero-order chi connectivity index (χ0) is 45.0. The van der Waals surface area contributed by atoms with Gasteiger partial charge in [-0.25, -0.2) is 9.59 Å². The van der Waals surface area contributed by atoms with Crippen LogP contribution in [0.2, 0.25) is 0 Å². The number of aliphatic hydroxyl groups is 1. The molecule has 334 valence electrons. The molecule has 2 N–H and O–H groups in total. The highest BCUT2D eigenvalue weighted by Crippen LogP contribution is 2.40. The van der Waals surface area contributed by atoms with Crippen molar-refractivity contribution in [1.29, 1.82) is 0 Å². The van der Waals surface area contributed by atoms with Crippen LogP contribution < -0.4 is 5.32 Å². The Morgan fingerprint density at radius 3 is 2.48 bits per heavy atom. The summed E-state index contributed by atoms with van der Waals surface area (Å²) in [6.45, 7) is 17.4. The van der Waals surface area contributed by atoms with Crippen molar-refractivity contribution >= 4 is 46.6 Å². The fraction of sp³-hybridized carbons (Fsp3) is 0.609. The maximum absolute atomic E-state index is 14.6. The summed E-state index contributed by atoms with van der Waals surface area (Å²) in [5.41, 5.74) is -0.994. The van der Waals surface area contributed by atoms with Gasteiger partial charge in [-0.2, -0.15) is 0 Å². The van der Waals surface area contributed by atoms with E-state index in [1.54, 1.807) is 65.8 Å². The second-order valence-electron chi connectivity index (χ2n) is 17.4. The molecule has 61 heavy (non-hydrogen) atoms. The summed E-state index contributed by atoms with van der Waals surface area (Å²) in [5, 5.41) is 15.7. The fourth-order valence-electron chi connectivity index (χ4n) is 9.28. The maximum Gasteiger partial charge on any atom is 0.408 e. The number of aliphatic hydroxyl groups excluding tert-OH is 1. The summed E-state index contributed by atoms with van der Waals surface area (Å²) in [7, 11) is 3.01. The third-order valence-corrected chi connectivity index (χ3v) is 12.7. The molecule has 3 saturated heterocycles. The van der Waals surface area contributed by atoms with Gasteiger partial charge in [0.05, 0.1) is 43.1 Å². The standard InChI is InChI=1S/C46H63N3O12/c1-12-35-46(9)39(48-44(55)61-46)28(5)36(50)25(2)22-45(8,57-19-15-16-31-21-32-17-13-14-18-33(32)47-23-31)40(29(6)37(51)30(7)42(54)59-35)60-43-38(52)34(20-27(4)58-43)49(10)24-26(3)41(53)56-11/h13-18,21,23,25,27-30,34-35,38-40,43,52H,3,12,19-20,22,24H2,1-2,4-11H3,(H,48,55)/b16-15+/t25-,27-,28+,29+,30-,34+,35-,38-,39-,40-,43?,45+,46-/m1/s1. The summed E-state index contributed by atoms with van der Waals surface area (Å²) in [6.07, 6.45) is 0.0627. The van der Waals surface area contributed by atoms with Crippen LogP contribution in [0.5, 0.6) is 0 Å². The molecule has 1 unspecified atom stereocenters. The van der Waals surface area contributed by atoms with Gasteiger partial charge < -0.3 is 38.8 Å². The van der Waals surface area contributed by atoms with Crippen molar-refractivity contribution in [1.82, 2.24) is 15.2 Å². The largest absolute Gasteiger partial charge is 0.466 e. The molecule has 0 saturated carbocycles. The number of carbonyl (C=O) groups is 5. The Hall–Kier alpha value is -4.54. The highest BCUT2D eigenvalue weighted by molar-refractivity contribution is 6.00. The number of esters is 2. The smallest absolute Gasteiger partial charge is 0.408 e. The number of fused-ring (bicyclic) bond motifs is 2. The minimum absolute atomic E-state index is 0.00636. The molecule has 1 aromatic carbocycles. The molecule has 0 radical (unpaired) electrons. The first-order valence-corrected chi connectivity index (χ1v) is 21.1. The maximum atomic E-state index is 14.6. The third-order valence-electron chi connectivity index (χ3n) is 12.7. The number of pyridine rings is 1. The van der Waals surface area contributed by atoms with Crippen LogP contribution in [0.25, 0.3) is 17.0 Å². The Bertz CT molecular complexity index is 1990. The number of hydrogen-bond donors (Lipinski definition) is 2. The molecule has 15 nitrogen and oxygen atoms in total. The molecule has 0 spiro atoms. The number of ether oxygens (including phenoxy) is 6. The van der Waals surface area contributed by atoms with Gasteiger partial charge in [0.15, 0.2) is 17.7 Å². The number of para-hydroxylation sites is 1. The van der Waals surface area contributed by atoms with Crippen LogP contribution in [0, 0.1) is 23.7 Å². The number of benzene rings is 1. The van der Waals surface area contributed by atoms with Gasteiger partial charge in [-0.1, -0.05) is 64.6 Å². The Morgan fingerprint density at radius 1 is 1.08 bits per heavy atom. The van der Waals surface area contributed by atoms with E-state index in [9.17, 15) is 29.1 Å². The van der Waals surface area contributed by atoms with E-state index in [-0.39, 0.29) is 37.3 Å². The van der Waals surface area contributed by atoms with Gasteiger partial charge in [-0.05, 0) is 71.7 Å². The van der Waals surface area contributed by atoms with Gasteiger partial charge in [0.2, 0.25) is 0 Å². The number of cyclic esters (lactones) is 1. The summed E-state index contributed by atoms with van der Waals surface area (Å²) >= 11 is 0. The molecule has 4 heterocycles. The van der Waals surface area contributed by atoms with E-state index in [1.165, 1.54) is 14.0 Å². The molecule has 0 aliphatic carbocycles. The van der Waals surface area contributed by atoms with E-state index in [0.29, 0.717) is 6.42 Å². The number of amides is 1. The molecule has 3 fully saturated rings. The Morgan fingerprint density at radius 2 is 1.79 bits per heavy atom. The van der Waals surface area contributed by atoms with Crippen molar-refractivity contribution in [2.45, 2.75) is 129 Å². The van der Waals surface area contributed by atoms with E-state index in [2.05, 4.69) is 16.9 Å². The molecule has 3 aliphatic heterocycles. The van der Waals surface area contributed by atoms with Crippen molar-refractivity contribution in [2.75, 3.05) is 27.3 Å². The van der Waals surface area contributed by atoms with Crippen LogP contribution in [0.15, 0.2) is 54.8 Å². The number of nitrogens with zero attached hydrogens (tertiary/aromatic N) is 2. The summed E-state index contributed by atoms with van der Waals surface area (Å²) in [6, 6.07) is 8.30. The van der Waals surface area contributed by atoms with Gasteiger partial charge in [0, 0.05) is 47.5 Å². The molecule has 3 aliphatic rings. The first-order valence-electron chi connectivity index (χ1n) is 21.1. The van der Waals surface area contributed by atoms with Crippen LogP contribution >= 0.6 is 0 Å². The van der Waals surface area contributed by atoms with E-state index >= 15 is 0 Å². The topological polar surface area (TPSA) is 189 Å². The molecule has 0 bridgehead atoms. The number of methoxy groups -OCH3 is 1. The number of likely N-dealkylation sites (N-methyl/N-ethyl adjacent to an activating group) is 1. The SMILES string of the molecule is C=C(CN(C)[C@H]1C[C@@H](C)OC(O[C@@H]2[C@@H](C)C(=O)[C@@H](C)C(=O)O[C@H](CC)[C@@]3(C)OC(=O)N[C@@H]3[C@@H](C)C(=O)[C@H](C)C[C@]2(C)OC/C=C/c2cnc3ccccc3c2)[C@@H]1O)C(=O)OC. The van der Waals surface area contributed by atoms with Crippen LogP contribution in [-0.4, -0.2) is 126 Å². The Balaban J connectivity index is 1.55. The van der Waals surface area contributed by atoms with Gasteiger partial charge in [0.25, 0.3) is 0 Å². The van der Waals surface area contributed by atoms with Crippen LogP contribution in [0.3, 0.4) is 0 Å². The van der Waals surface area contributed by atoms with Crippen molar-refractivity contribution in [3.63, 3.8) is 0 Å². The average Bonchev–Trinajstić information content (AvgIpc) is 3.55. The lowest BCUT2D eigenvalue weighted by Gasteiger charge is -2.47. The van der Waals surface area contributed by atoms with Gasteiger partial charge in [-0.15, -0.1) is 0 Å². The van der Waals surface area contributed by atoms with Gasteiger partial charge >= 0.3 is 18.0 Å². The number of hydrogen-bond acceptors (Lipinski definition) is 14. The minimum atomic E-state index is -1.45. The van der Waals surface area contributed by atoms with Crippen molar-refractivity contribution < 1.29 is 57.5 Å². The zero-order valence-corrected chi connectivity index (χ0v) is 37.0. The number of rotatable bonds is 11. The van der Waals surface area contributed by atoms with Crippen LogP contribution in [-0.2, 0) is 47.6 Å². The van der Waals surface area contributed by atoms with Gasteiger partial charge in [0.1, 0.15) is 23.9 Å². The van der Waals surface area contributed by atoms with Gasteiger partial charge in [-0.3, -0.25) is 24.3 Å². The van der Waals surface area contributed by atoms with Crippen LogP contribution in [0.4, 0.5) is 4.79 Å². The van der Waals surface area contributed by atoms with Crippen molar-refractivity contribution in [2.24, 2.45) is 23.7 Å². The molecule has 13 atom stereocenters. The number of alkyl carbamates (subject to hydrolysis) is 1. The second kappa shape index (κ2) is 19.7. The zero-order valence-electron chi connectivity index (χ0n) is 37.0. The minimum Gasteiger partial charge on any atom is -0.466 e. The van der Waals surface area contributed by atoms with Crippen molar-refractivity contribution in [3.8, 4) is 0 Å². The molecule has 15 heteroatoms.